The van der Waals surface area contributed by atoms with Crippen LogP contribution in [0.25, 0.3) is 0 Å². The number of nitrogens with one attached hydrogen (secondary N) is 1. The largest absolute Gasteiger partial charge is 0.462 e. The van der Waals surface area contributed by atoms with Crippen molar-refractivity contribution in [2.45, 2.75) is 6.92 Å². The van der Waals surface area contributed by atoms with Crippen LogP contribution in [0.5, 0.6) is 0 Å². The number of rotatable bonds is 4. The molecule has 0 fully saturated rings. The second-order valence-corrected chi connectivity index (χ2v) is 2.91. The molecule has 1 N–H and O–H groups in total. The lowest BCUT2D eigenvalue weighted by Crippen LogP contribution is -2.08. The van der Waals surface area contributed by atoms with Crippen molar-refractivity contribution in [3.05, 3.63) is 24.0 Å². The molecule has 0 spiro atoms. The van der Waals surface area contributed by atoms with Gasteiger partial charge >= 0.3 is 5.97 Å². The molecular weight excluding hydrogens is 208 g/mol. The van der Waals surface area contributed by atoms with E-state index in [1.807, 2.05) is 0 Å². The van der Waals surface area contributed by atoms with Crippen LogP contribution in [0.15, 0.2) is 24.0 Å². The SMILES string of the molecule is CCOC(=O)/C(C#N)=C\Nc1ccn(C)n1. The van der Waals surface area contributed by atoms with Crippen molar-refractivity contribution in [1.29, 1.82) is 5.26 Å². The van der Waals surface area contributed by atoms with Crippen LogP contribution in [-0.2, 0) is 16.6 Å². The lowest BCUT2D eigenvalue weighted by atomic mass is 10.3. The lowest BCUT2D eigenvalue weighted by Gasteiger charge is -1.99. The molecule has 16 heavy (non-hydrogen) atoms. The fourth-order valence-electron chi connectivity index (χ4n) is 0.984. The van der Waals surface area contributed by atoms with E-state index in [9.17, 15) is 4.79 Å². The highest BCUT2D eigenvalue weighted by Gasteiger charge is 2.09. The molecule has 0 amide bonds. The normalized spacial score (nSPS) is 10.7. The number of hydrogen-bond donors (Lipinski definition) is 1. The van der Waals surface area contributed by atoms with Crippen molar-refractivity contribution < 1.29 is 9.53 Å². The third-order valence-corrected chi connectivity index (χ3v) is 1.69. The zero-order valence-electron chi connectivity index (χ0n) is 9.10. The quantitative estimate of drug-likeness (QED) is 0.461. The summed E-state index contributed by atoms with van der Waals surface area (Å²) in [6, 6.07) is 3.47. The van der Waals surface area contributed by atoms with E-state index in [1.54, 1.807) is 37.0 Å². The molecule has 0 unspecified atom stereocenters. The van der Waals surface area contributed by atoms with Gasteiger partial charge in [-0.05, 0) is 6.92 Å². The Balaban J connectivity index is 2.67. The van der Waals surface area contributed by atoms with Crippen LogP contribution >= 0.6 is 0 Å². The van der Waals surface area contributed by atoms with Gasteiger partial charge in [-0.2, -0.15) is 10.4 Å². The van der Waals surface area contributed by atoms with E-state index >= 15 is 0 Å². The summed E-state index contributed by atoms with van der Waals surface area (Å²) in [7, 11) is 1.77. The Kier molecular flexibility index (Phi) is 4.09. The first kappa shape index (κ1) is 11.8. The molecule has 6 nitrogen and oxygen atoms in total. The van der Waals surface area contributed by atoms with Crippen molar-refractivity contribution in [3.63, 3.8) is 0 Å². The summed E-state index contributed by atoms with van der Waals surface area (Å²) in [4.78, 5) is 11.2. The molecule has 0 saturated carbocycles. The van der Waals surface area contributed by atoms with Crippen LogP contribution in [0.4, 0.5) is 5.82 Å². The number of ether oxygens (including phenoxy) is 1. The van der Waals surface area contributed by atoms with Crippen molar-refractivity contribution in [2.24, 2.45) is 7.05 Å². The van der Waals surface area contributed by atoms with Gasteiger partial charge < -0.3 is 10.1 Å². The first-order chi connectivity index (χ1) is 7.67. The molecule has 1 aromatic rings. The molecule has 6 heteroatoms. The minimum absolute atomic E-state index is 0.0903. The predicted molar refractivity (Wildman–Crippen MR) is 57.2 cm³/mol. The molecule has 84 valence electrons. The first-order valence-electron chi connectivity index (χ1n) is 4.71. The van der Waals surface area contributed by atoms with Crippen LogP contribution in [0.1, 0.15) is 6.92 Å². The summed E-state index contributed by atoms with van der Waals surface area (Å²) in [6.07, 6.45) is 3.02. The fourth-order valence-corrected chi connectivity index (χ4v) is 0.984. The molecule has 0 aliphatic carbocycles. The second-order valence-electron chi connectivity index (χ2n) is 2.91. The van der Waals surface area contributed by atoms with Gasteiger partial charge in [0.05, 0.1) is 6.61 Å². The van der Waals surface area contributed by atoms with Gasteiger partial charge in [0.2, 0.25) is 0 Å². The van der Waals surface area contributed by atoms with Gasteiger partial charge in [0.1, 0.15) is 6.07 Å². The summed E-state index contributed by atoms with van der Waals surface area (Å²) in [5, 5.41) is 15.5. The zero-order valence-corrected chi connectivity index (χ0v) is 9.10. The molecule has 0 aliphatic heterocycles. The number of nitrogens with zero attached hydrogens (tertiary/aromatic N) is 3. The molecule has 0 radical (unpaired) electrons. The van der Waals surface area contributed by atoms with Gasteiger partial charge in [-0.3, -0.25) is 4.68 Å². The van der Waals surface area contributed by atoms with Crippen molar-refractivity contribution in [1.82, 2.24) is 9.78 Å². The average molecular weight is 220 g/mol. The number of carbonyl (C=O) groups excluding carboxylic acids is 1. The molecule has 0 atom stereocenters. The molecule has 0 aromatic carbocycles. The van der Waals surface area contributed by atoms with E-state index < -0.39 is 5.97 Å². The number of anilines is 1. The maximum atomic E-state index is 11.2. The average Bonchev–Trinajstić information content (AvgIpc) is 2.65. The lowest BCUT2D eigenvalue weighted by molar-refractivity contribution is -0.138. The molecule has 1 aromatic heterocycles. The Labute approximate surface area is 93.1 Å². The number of esters is 1. The highest BCUT2D eigenvalue weighted by Crippen LogP contribution is 2.03. The van der Waals surface area contributed by atoms with Crippen molar-refractivity contribution >= 4 is 11.8 Å². The van der Waals surface area contributed by atoms with Gasteiger partial charge in [0.25, 0.3) is 0 Å². The van der Waals surface area contributed by atoms with E-state index in [1.165, 1.54) is 6.20 Å². The molecule has 0 bridgehead atoms. The highest BCUT2D eigenvalue weighted by molar-refractivity contribution is 5.93. The van der Waals surface area contributed by atoms with E-state index in [2.05, 4.69) is 10.4 Å². The Morgan fingerprint density at radius 2 is 2.56 bits per heavy atom. The first-order valence-corrected chi connectivity index (χ1v) is 4.71. The van der Waals surface area contributed by atoms with E-state index in [0.717, 1.165) is 0 Å². The Morgan fingerprint density at radius 3 is 3.06 bits per heavy atom. The van der Waals surface area contributed by atoms with Gasteiger partial charge in [0.15, 0.2) is 11.4 Å². The van der Waals surface area contributed by atoms with Gasteiger partial charge in [-0.15, -0.1) is 0 Å². The second kappa shape index (κ2) is 5.56. The van der Waals surface area contributed by atoms with Crippen molar-refractivity contribution in [3.8, 4) is 6.07 Å². The third-order valence-electron chi connectivity index (χ3n) is 1.69. The Morgan fingerprint density at radius 1 is 1.81 bits per heavy atom. The van der Waals surface area contributed by atoms with Crippen molar-refractivity contribution in [2.75, 3.05) is 11.9 Å². The van der Waals surface area contributed by atoms with Crippen LogP contribution in [0, 0.1) is 11.3 Å². The minimum Gasteiger partial charge on any atom is -0.462 e. The summed E-state index contributed by atoms with van der Waals surface area (Å²) >= 11 is 0. The van der Waals surface area contributed by atoms with E-state index in [-0.39, 0.29) is 12.2 Å². The topological polar surface area (TPSA) is 79.9 Å². The molecular formula is C10H12N4O2. The number of aromatic nitrogens is 2. The highest BCUT2D eigenvalue weighted by atomic mass is 16.5. The Bertz CT molecular complexity index is 442. The van der Waals surface area contributed by atoms with E-state index in [0.29, 0.717) is 5.82 Å². The maximum absolute atomic E-state index is 11.2. The van der Waals surface area contributed by atoms with Crippen LogP contribution in [-0.4, -0.2) is 22.4 Å². The molecule has 0 aliphatic rings. The maximum Gasteiger partial charge on any atom is 0.350 e. The zero-order chi connectivity index (χ0) is 12.0. The smallest absolute Gasteiger partial charge is 0.350 e. The number of nitriles is 1. The standard InChI is InChI=1S/C10H12N4O2/c1-3-16-10(15)8(6-11)7-12-9-4-5-14(2)13-9/h4-5,7H,3H2,1-2H3,(H,12,13)/b8-7-. The minimum atomic E-state index is -0.645. The predicted octanol–water partition coefficient (Wildman–Crippen LogP) is 0.803. The van der Waals surface area contributed by atoms with Crippen LogP contribution in [0.3, 0.4) is 0 Å². The number of hydrogen-bond acceptors (Lipinski definition) is 5. The summed E-state index contributed by atoms with van der Waals surface area (Å²) in [5.41, 5.74) is -0.0903. The van der Waals surface area contributed by atoms with Gasteiger partial charge in [-0.25, -0.2) is 4.79 Å². The van der Waals surface area contributed by atoms with Crippen LogP contribution in [0.2, 0.25) is 0 Å². The number of aryl methyl sites for hydroxylation is 1. The molecule has 1 heterocycles. The van der Waals surface area contributed by atoms with Gasteiger partial charge in [-0.1, -0.05) is 0 Å². The number of carbonyl (C=O) groups is 1. The Hall–Kier alpha value is -2.29. The third kappa shape index (κ3) is 3.13. The molecule has 0 saturated heterocycles. The molecule has 1 rings (SSSR count). The summed E-state index contributed by atoms with van der Waals surface area (Å²) < 4.78 is 6.30. The summed E-state index contributed by atoms with van der Waals surface area (Å²) in [6.45, 7) is 1.92. The summed E-state index contributed by atoms with van der Waals surface area (Å²) in [5.74, 6) is -0.0898. The van der Waals surface area contributed by atoms with E-state index in [4.69, 9.17) is 10.00 Å². The monoisotopic (exact) mass is 220 g/mol. The van der Waals surface area contributed by atoms with Gasteiger partial charge in [0, 0.05) is 25.5 Å². The van der Waals surface area contributed by atoms with Crippen LogP contribution < -0.4 is 5.32 Å². The fraction of sp³-hybridized carbons (Fsp3) is 0.300.